The number of hydrogen-bond acceptors (Lipinski definition) is 10. The first-order chi connectivity index (χ1) is 21.1. The van der Waals surface area contributed by atoms with Crippen LogP contribution in [0.25, 0.3) is 22.0 Å². The van der Waals surface area contributed by atoms with E-state index < -0.39 is 58.2 Å². The van der Waals surface area contributed by atoms with E-state index in [1.54, 1.807) is 69.2 Å². The Hall–Kier alpha value is -4.88. The van der Waals surface area contributed by atoms with Gasteiger partial charge < -0.3 is 19.4 Å². The zero-order valence-corrected chi connectivity index (χ0v) is 27.8. The number of halogens is 1. The summed E-state index contributed by atoms with van der Waals surface area (Å²) in [5, 5.41) is 13.9. The van der Waals surface area contributed by atoms with Crippen molar-refractivity contribution in [2.24, 2.45) is 0 Å². The quantitative estimate of drug-likeness (QED) is 0.170. The third-order valence-electron chi connectivity index (χ3n) is 5.86. The summed E-state index contributed by atoms with van der Waals surface area (Å²) in [5.41, 5.74) is -4.72. The molecule has 2 aromatic heterocycles. The molecule has 1 aromatic carbocycles. The van der Waals surface area contributed by atoms with Gasteiger partial charge in [0.15, 0.2) is 12.0 Å². The molecule has 3 rings (SSSR count). The second-order valence-electron chi connectivity index (χ2n) is 13.4. The molecule has 14 heteroatoms. The van der Waals surface area contributed by atoms with Gasteiger partial charge in [-0.25, -0.2) is 33.6 Å². The largest absolute Gasteiger partial charge is 0.618 e. The minimum Gasteiger partial charge on any atom is -0.618 e. The van der Waals surface area contributed by atoms with Gasteiger partial charge in [-0.15, -0.1) is 0 Å². The molecule has 0 fully saturated rings. The molecule has 46 heavy (non-hydrogen) atoms. The summed E-state index contributed by atoms with van der Waals surface area (Å²) in [4.78, 5) is 64.0. The van der Waals surface area contributed by atoms with Gasteiger partial charge in [-0.1, -0.05) is 25.1 Å². The van der Waals surface area contributed by atoms with E-state index in [4.69, 9.17) is 14.2 Å². The number of carbonyl (C=O) groups is 4. The number of benzene rings is 1. The number of carbonyl (C=O) groups excluding carboxylic acids is 4. The number of aromatic nitrogens is 3. The summed E-state index contributed by atoms with van der Waals surface area (Å²) in [7, 11) is 0. The fraction of sp³-hybridized carbons (Fsp3) is 0.469. The summed E-state index contributed by atoms with van der Waals surface area (Å²) >= 11 is 0. The van der Waals surface area contributed by atoms with Crippen LogP contribution in [0.5, 0.6) is 0 Å². The van der Waals surface area contributed by atoms with Crippen LogP contribution < -0.4 is 9.63 Å². The van der Waals surface area contributed by atoms with Crippen molar-refractivity contribution in [3.63, 3.8) is 0 Å². The summed E-state index contributed by atoms with van der Waals surface area (Å²) < 4.78 is 31.6. The van der Waals surface area contributed by atoms with E-state index in [0.29, 0.717) is 9.80 Å². The van der Waals surface area contributed by atoms with Crippen LogP contribution in [0.4, 0.5) is 24.5 Å². The Labute approximate surface area is 266 Å². The third kappa shape index (κ3) is 8.43. The Morgan fingerprint density at radius 3 is 1.91 bits per heavy atom. The summed E-state index contributed by atoms with van der Waals surface area (Å²) in [6.07, 6.45) is -0.303. The number of imide groups is 2. The Kier molecular flexibility index (Phi) is 10.2. The maximum absolute atomic E-state index is 14.9. The molecular formula is C32H40FN5O8. The van der Waals surface area contributed by atoms with Gasteiger partial charge in [0.25, 0.3) is 0 Å². The van der Waals surface area contributed by atoms with Crippen molar-refractivity contribution in [1.29, 1.82) is 0 Å². The Morgan fingerprint density at radius 1 is 0.870 bits per heavy atom. The number of anilines is 1. The molecular weight excluding hydrogens is 601 g/mol. The third-order valence-corrected chi connectivity index (χ3v) is 5.86. The minimum atomic E-state index is -1.28. The molecule has 13 nitrogen and oxygen atoms in total. The van der Waals surface area contributed by atoms with Crippen molar-refractivity contribution >= 4 is 40.6 Å². The van der Waals surface area contributed by atoms with Crippen LogP contribution in [0.1, 0.15) is 86.1 Å². The van der Waals surface area contributed by atoms with Gasteiger partial charge in [-0.05, 0) is 68.7 Å². The maximum atomic E-state index is 14.9. The van der Waals surface area contributed by atoms with E-state index in [9.17, 15) is 28.8 Å². The molecule has 0 spiro atoms. The van der Waals surface area contributed by atoms with Crippen LogP contribution in [0.15, 0.2) is 36.9 Å². The molecule has 0 aliphatic rings. The van der Waals surface area contributed by atoms with E-state index in [1.807, 2.05) is 0 Å². The lowest BCUT2D eigenvalue weighted by Gasteiger charge is -2.30. The van der Waals surface area contributed by atoms with Crippen molar-refractivity contribution in [3.8, 4) is 11.3 Å². The van der Waals surface area contributed by atoms with E-state index in [-0.39, 0.29) is 39.7 Å². The fourth-order valence-corrected chi connectivity index (χ4v) is 4.28. The minimum absolute atomic E-state index is 0.0121. The zero-order chi connectivity index (χ0) is 34.8. The highest BCUT2D eigenvalue weighted by atomic mass is 19.1. The average Bonchev–Trinajstić information content (AvgIpc) is 2.88. The molecule has 0 N–H and O–H groups in total. The van der Waals surface area contributed by atoms with Gasteiger partial charge >= 0.3 is 29.9 Å². The molecule has 0 bridgehead atoms. The SMILES string of the molecule is CCCN(C(=O)OC(C)(C)C)C(=O)c1c(N(C(=O)OC(C)(C)C)C(=O)OC(C)(C)C)c2cccc(-c3ncncc3F)c2c[n+]1[O-]. The molecule has 0 atom stereocenters. The second-order valence-corrected chi connectivity index (χ2v) is 13.4. The number of nitrogens with zero attached hydrogens (tertiary/aromatic N) is 5. The zero-order valence-electron chi connectivity index (χ0n) is 27.8. The second kappa shape index (κ2) is 13.2. The number of amides is 4. The van der Waals surface area contributed by atoms with Gasteiger partial charge in [-0.3, -0.25) is 4.79 Å². The Balaban J connectivity index is 2.51. The standard InChI is InChI=1S/C32H40FN5O8/c1-11-15-36(27(40)44-30(2,3)4)26(39)25-24(38(28(41)45-31(5,6)7)29(42)46-32(8,9)10)20-14-12-13-19(21(20)17-37(25)43)23-22(33)16-34-18-35-23/h12-14,16-18H,11,15H2,1-10H3. The van der Waals surface area contributed by atoms with Gasteiger partial charge in [-0.2, -0.15) is 9.63 Å². The van der Waals surface area contributed by atoms with Gasteiger partial charge in [0.2, 0.25) is 0 Å². The highest BCUT2D eigenvalue weighted by Crippen LogP contribution is 2.37. The van der Waals surface area contributed by atoms with Gasteiger partial charge in [0, 0.05) is 17.5 Å². The monoisotopic (exact) mass is 641 g/mol. The first-order valence-electron chi connectivity index (χ1n) is 14.6. The lowest BCUT2D eigenvalue weighted by Crippen LogP contribution is -2.50. The Morgan fingerprint density at radius 2 is 1.41 bits per heavy atom. The van der Waals surface area contributed by atoms with Crippen molar-refractivity contribution < 1.29 is 42.5 Å². The molecule has 0 aliphatic heterocycles. The molecule has 248 valence electrons. The molecule has 2 heterocycles. The van der Waals surface area contributed by atoms with Crippen LogP contribution in [-0.2, 0) is 14.2 Å². The van der Waals surface area contributed by atoms with Crippen LogP contribution in [-0.4, -0.2) is 62.4 Å². The molecule has 4 amide bonds. The van der Waals surface area contributed by atoms with E-state index in [1.165, 1.54) is 18.2 Å². The highest BCUT2D eigenvalue weighted by molar-refractivity contribution is 6.21. The van der Waals surface area contributed by atoms with Crippen LogP contribution >= 0.6 is 0 Å². The summed E-state index contributed by atoms with van der Waals surface area (Å²) in [6.45, 7) is 15.7. The Bertz CT molecular complexity index is 1630. The molecule has 0 saturated carbocycles. The number of hydrogen-bond donors (Lipinski definition) is 0. The molecule has 0 aliphatic carbocycles. The first kappa shape index (κ1) is 35.6. The van der Waals surface area contributed by atoms with E-state index in [2.05, 4.69) is 9.97 Å². The van der Waals surface area contributed by atoms with Crippen LogP contribution in [0.3, 0.4) is 0 Å². The number of ether oxygens (including phenoxy) is 3. The summed E-state index contributed by atoms with van der Waals surface area (Å²) in [6, 6.07) is 4.35. The van der Waals surface area contributed by atoms with Crippen molar-refractivity contribution in [2.45, 2.75) is 92.5 Å². The smallest absolute Gasteiger partial charge is 0.424 e. The fourth-order valence-electron chi connectivity index (χ4n) is 4.28. The molecule has 0 unspecified atom stereocenters. The number of fused-ring (bicyclic) bond motifs is 1. The van der Waals surface area contributed by atoms with Crippen LogP contribution in [0.2, 0.25) is 0 Å². The van der Waals surface area contributed by atoms with Gasteiger partial charge in [0.05, 0.1) is 11.6 Å². The molecule has 0 radical (unpaired) electrons. The first-order valence-corrected chi connectivity index (χ1v) is 14.6. The number of pyridine rings is 1. The number of rotatable bonds is 5. The predicted molar refractivity (Wildman–Crippen MR) is 166 cm³/mol. The average molecular weight is 642 g/mol. The van der Waals surface area contributed by atoms with Crippen molar-refractivity contribution in [3.05, 3.63) is 53.6 Å². The molecule has 0 saturated heterocycles. The highest BCUT2D eigenvalue weighted by Gasteiger charge is 2.43. The normalized spacial score (nSPS) is 12.0. The maximum Gasteiger partial charge on any atom is 0.424 e. The summed E-state index contributed by atoms with van der Waals surface area (Å²) in [5.74, 6) is -1.98. The van der Waals surface area contributed by atoms with Crippen LogP contribution in [0, 0.1) is 11.0 Å². The topological polar surface area (TPSA) is 155 Å². The lowest BCUT2D eigenvalue weighted by molar-refractivity contribution is -0.605. The predicted octanol–water partition coefficient (Wildman–Crippen LogP) is 6.53. The van der Waals surface area contributed by atoms with Crippen molar-refractivity contribution in [1.82, 2.24) is 14.9 Å². The van der Waals surface area contributed by atoms with E-state index >= 15 is 0 Å². The van der Waals surface area contributed by atoms with Gasteiger partial charge in [0.1, 0.15) is 34.5 Å². The molecule has 3 aromatic rings. The lowest BCUT2D eigenvalue weighted by atomic mass is 10.0. The van der Waals surface area contributed by atoms with E-state index in [0.717, 1.165) is 18.7 Å². The van der Waals surface area contributed by atoms with Crippen molar-refractivity contribution in [2.75, 3.05) is 11.4 Å².